The zero-order valence-electron chi connectivity index (χ0n) is 17.4. The highest BCUT2D eigenvalue weighted by atomic mass is 35.5. The SMILES string of the molecule is C#CCOCC(COc1ccc(C(C)(C)c2ccc(OCCCCl)cc2)cc1)SF. The smallest absolute Gasteiger partial charge is 0.119 e. The quantitative estimate of drug-likeness (QED) is 0.211. The van der Waals surface area contributed by atoms with Crippen LogP contribution in [0.5, 0.6) is 11.5 Å². The van der Waals surface area contributed by atoms with Gasteiger partial charge in [0.2, 0.25) is 0 Å². The zero-order valence-corrected chi connectivity index (χ0v) is 19.0. The highest BCUT2D eigenvalue weighted by molar-refractivity contribution is 7.95. The molecule has 0 aliphatic rings. The van der Waals surface area contributed by atoms with Crippen LogP contribution in [0, 0.1) is 12.3 Å². The largest absolute Gasteiger partial charge is 0.494 e. The molecule has 0 bridgehead atoms. The maximum atomic E-state index is 13.0. The first-order chi connectivity index (χ1) is 14.5. The van der Waals surface area contributed by atoms with E-state index in [2.05, 4.69) is 31.9 Å². The van der Waals surface area contributed by atoms with Gasteiger partial charge in [-0.1, -0.05) is 44.0 Å². The Morgan fingerprint density at radius 1 is 1.00 bits per heavy atom. The maximum absolute atomic E-state index is 13.0. The number of terminal acetylenes is 1. The van der Waals surface area contributed by atoms with Crippen molar-refractivity contribution < 1.29 is 18.1 Å². The summed E-state index contributed by atoms with van der Waals surface area (Å²) in [6.45, 7) is 5.55. The molecule has 0 spiro atoms. The summed E-state index contributed by atoms with van der Waals surface area (Å²) >= 11 is 5.90. The first-order valence-electron chi connectivity index (χ1n) is 9.82. The van der Waals surface area contributed by atoms with Crippen LogP contribution in [0.4, 0.5) is 3.89 Å². The van der Waals surface area contributed by atoms with Gasteiger partial charge in [-0.05, 0) is 41.8 Å². The molecule has 0 aromatic heterocycles. The molecule has 0 saturated carbocycles. The molecule has 0 aliphatic heterocycles. The first kappa shape index (κ1) is 24.4. The molecule has 6 heteroatoms. The topological polar surface area (TPSA) is 27.7 Å². The number of ether oxygens (including phenoxy) is 3. The van der Waals surface area contributed by atoms with E-state index in [9.17, 15) is 3.89 Å². The molecule has 0 heterocycles. The van der Waals surface area contributed by atoms with Crippen LogP contribution in [0.2, 0.25) is 0 Å². The van der Waals surface area contributed by atoms with Gasteiger partial charge in [0.05, 0.1) is 30.6 Å². The highest BCUT2D eigenvalue weighted by Crippen LogP contribution is 2.33. The monoisotopic (exact) mass is 450 g/mol. The summed E-state index contributed by atoms with van der Waals surface area (Å²) in [6.07, 6.45) is 5.95. The van der Waals surface area contributed by atoms with Crippen molar-refractivity contribution in [1.82, 2.24) is 0 Å². The van der Waals surface area contributed by atoms with Gasteiger partial charge in [0.1, 0.15) is 24.7 Å². The third-order valence-electron chi connectivity index (χ3n) is 4.75. The third-order valence-corrected chi connectivity index (χ3v) is 5.54. The molecule has 2 aromatic rings. The molecule has 2 aromatic carbocycles. The van der Waals surface area contributed by atoms with Gasteiger partial charge < -0.3 is 14.2 Å². The molecule has 0 aliphatic carbocycles. The van der Waals surface area contributed by atoms with E-state index in [4.69, 9.17) is 32.2 Å². The molecular weight excluding hydrogens is 423 g/mol. The fourth-order valence-electron chi connectivity index (χ4n) is 2.88. The minimum absolute atomic E-state index is 0.168. The number of hydrogen-bond acceptors (Lipinski definition) is 4. The van der Waals surface area contributed by atoms with E-state index in [0.29, 0.717) is 18.2 Å². The predicted octanol–water partition coefficient (Wildman–Crippen LogP) is 6.04. The number of alkyl halides is 1. The molecule has 30 heavy (non-hydrogen) atoms. The Morgan fingerprint density at radius 3 is 2.07 bits per heavy atom. The van der Waals surface area contributed by atoms with E-state index < -0.39 is 5.25 Å². The second kappa shape index (κ2) is 12.7. The molecule has 0 saturated heterocycles. The van der Waals surface area contributed by atoms with Gasteiger partial charge in [0, 0.05) is 11.3 Å². The predicted molar refractivity (Wildman–Crippen MR) is 123 cm³/mol. The van der Waals surface area contributed by atoms with Gasteiger partial charge in [-0.15, -0.1) is 18.0 Å². The summed E-state index contributed by atoms with van der Waals surface area (Å²) in [5.74, 6) is 4.49. The Hall–Kier alpha value is -1.87. The van der Waals surface area contributed by atoms with Crippen molar-refractivity contribution in [3.63, 3.8) is 0 Å². The van der Waals surface area contributed by atoms with Gasteiger partial charge in [-0.25, -0.2) is 0 Å². The number of rotatable bonds is 13. The summed E-state index contributed by atoms with van der Waals surface area (Å²) in [5.41, 5.74) is 2.15. The second-order valence-corrected chi connectivity index (χ2v) is 8.53. The van der Waals surface area contributed by atoms with Crippen LogP contribution >= 0.6 is 23.7 Å². The van der Waals surface area contributed by atoms with E-state index in [1.165, 1.54) is 5.56 Å². The molecular formula is C24H28ClFO3S. The molecule has 0 fully saturated rings. The zero-order chi connectivity index (χ0) is 21.8. The molecule has 0 radical (unpaired) electrons. The maximum Gasteiger partial charge on any atom is 0.119 e. The summed E-state index contributed by atoms with van der Waals surface area (Å²) in [5, 5.41) is -0.417. The Kier molecular flexibility index (Phi) is 10.4. The Balaban J connectivity index is 1.96. The van der Waals surface area contributed by atoms with E-state index in [0.717, 1.165) is 17.7 Å². The van der Waals surface area contributed by atoms with Crippen LogP contribution in [-0.4, -0.2) is 37.6 Å². The molecule has 0 amide bonds. The first-order valence-corrected chi connectivity index (χ1v) is 11.1. The van der Waals surface area contributed by atoms with Crippen molar-refractivity contribution in [3.05, 3.63) is 59.7 Å². The van der Waals surface area contributed by atoms with Gasteiger partial charge in [0.15, 0.2) is 0 Å². The lowest BCUT2D eigenvalue weighted by Gasteiger charge is -2.26. The average molecular weight is 451 g/mol. The lowest BCUT2D eigenvalue weighted by Crippen LogP contribution is -2.20. The van der Waals surface area contributed by atoms with Crippen LogP contribution < -0.4 is 9.47 Å². The van der Waals surface area contributed by atoms with Crippen molar-refractivity contribution >= 4 is 23.7 Å². The fourth-order valence-corrected chi connectivity index (χ4v) is 3.26. The van der Waals surface area contributed by atoms with Crippen molar-refractivity contribution in [3.8, 4) is 23.8 Å². The van der Waals surface area contributed by atoms with Crippen molar-refractivity contribution in [2.45, 2.75) is 30.9 Å². The minimum Gasteiger partial charge on any atom is -0.494 e. The minimum atomic E-state index is -0.417. The molecule has 3 nitrogen and oxygen atoms in total. The van der Waals surface area contributed by atoms with Crippen LogP contribution in [-0.2, 0) is 10.2 Å². The average Bonchev–Trinajstić information content (AvgIpc) is 2.77. The number of halogens is 2. The van der Waals surface area contributed by atoms with E-state index in [1.807, 2.05) is 36.4 Å². The summed E-state index contributed by atoms with van der Waals surface area (Å²) < 4.78 is 29.6. The van der Waals surface area contributed by atoms with Gasteiger partial charge in [-0.2, -0.15) is 3.89 Å². The Labute approximate surface area is 188 Å². The fraction of sp³-hybridized carbons (Fsp3) is 0.417. The van der Waals surface area contributed by atoms with Crippen molar-refractivity contribution in [2.75, 3.05) is 32.3 Å². The Bertz CT molecular complexity index is 788. The van der Waals surface area contributed by atoms with E-state index in [1.54, 1.807) is 0 Å². The van der Waals surface area contributed by atoms with E-state index in [-0.39, 0.29) is 37.4 Å². The third kappa shape index (κ3) is 7.43. The van der Waals surface area contributed by atoms with Crippen molar-refractivity contribution in [2.24, 2.45) is 0 Å². The standard InChI is InChI=1S/C24H28ClFO3S/c1-4-15-27-17-23(30-26)18-29-22-12-8-20(9-13-22)24(2,3)19-6-10-21(11-7-19)28-16-5-14-25/h1,6-13,23H,5,14-18H2,2-3H3. The molecule has 1 unspecified atom stereocenters. The van der Waals surface area contributed by atoms with Gasteiger partial charge >= 0.3 is 0 Å². The molecule has 0 N–H and O–H groups in total. The summed E-state index contributed by atoms with van der Waals surface area (Å²) in [4.78, 5) is 0. The number of hydrogen-bond donors (Lipinski definition) is 0. The van der Waals surface area contributed by atoms with Crippen LogP contribution in [0.15, 0.2) is 48.5 Å². The molecule has 1 atom stereocenters. The van der Waals surface area contributed by atoms with E-state index >= 15 is 0 Å². The van der Waals surface area contributed by atoms with Crippen molar-refractivity contribution in [1.29, 1.82) is 0 Å². The van der Waals surface area contributed by atoms with Crippen LogP contribution in [0.1, 0.15) is 31.4 Å². The van der Waals surface area contributed by atoms with Crippen LogP contribution in [0.3, 0.4) is 0 Å². The molecule has 2 rings (SSSR count). The second-order valence-electron chi connectivity index (χ2n) is 7.31. The van der Waals surface area contributed by atoms with Gasteiger partial charge in [-0.3, -0.25) is 0 Å². The van der Waals surface area contributed by atoms with Gasteiger partial charge in [0.25, 0.3) is 0 Å². The summed E-state index contributed by atoms with van der Waals surface area (Å²) in [6, 6.07) is 16.0. The summed E-state index contributed by atoms with van der Waals surface area (Å²) in [7, 11) is 0. The highest BCUT2D eigenvalue weighted by Gasteiger charge is 2.23. The number of benzene rings is 2. The Morgan fingerprint density at radius 2 is 1.57 bits per heavy atom. The lowest BCUT2D eigenvalue weighted by atomic mass is 9.78. The molecule has 162 valence electrons. The van der Waals surface area contributed by atoms with Crippen LogP contribution in [0.25, 0.3) is 0 Å². The normalized spacial score (nSPS) is 12.2. The lowest BCUT2D eigenvalue weighted by molar-refractivity contribution is 0.151.